The lowest BCUT2D eigenvalue weighted by molar-refractivity contribution is 0.0839. The van der Waals surface area contributed by atoms with E-state index in [-0.39, 0.29) is 12.2 Å². The minimum Gasteiger partial charge on any atom is -0.444 e. The highest BCUT2D eigenvalue weighted by molar-refractivity contribution is 5.70. The number of anilines is 1. The van der Waals surface area contributed by atoms with Gasteiger partial charge in [-0.25, -0.2) is 9.78 Å². The van der Waals surface area contributed by atoms with Crippen LogP contribution in [0.25, 0.3) is 11.5 Å². The van der Waals surface area contributed by atoms with Gasteiger partial charge >= 0.3 is 6.09 Å². The average Bonchev–Trinajstić information content (AvgIpc) is 3.16. The highest BCUT2D eigenvalue weighted by Gasteiger charge is 2.29. The van der Waals surface area contributed by atoms with Gasteiger partial charge in [0.1, 0.15) is 11.9 Å². The van der Waals surface area contributed by atoms with Gasteiger partial charge in [-0.05, 0) is 19.1 Å². The normalized spacial score (nSPS) is 17.3. The number of aromatic nitrogens is 3. The Hall–Kier alpha value is -2.64. The SMILES string of the molecule is Cc1noc(-c2cccnc2N2CCC(OC(=O)N(C)C)C2)n1. The molecule has 0 aromatic carbocycles. The Bertz CT molecular complexity index is 700. The number of nitrogens with zero attached hydrogens (tertiary/aromatic N) is 5. The third kappa shape index (κ3) is 3.25. The van der Waals surface area contributed by atoms with Crippen LogP contribution in [-0.4, -0.2) is 59.4 Å². The first-order valence-electron chi connectivity index (χ1n) is 7.43. The molecule has 1 aliphatic rings. The molecular weight excluding hydrogens is 298 g/mol. The Morgan fingerprint density at radius 3 is 3.00 bits per heavy atom. The number of ether oxygens (including phenoxy) is 1. The molecule has 3 rings (SSSR count). The number of amides is 1. The quantitative estimate of drug-likeness (QED) is 0.852. The molecule has 1 amide bonds. The summed E-state index contributed by atoms with van der Waals surface area (Å²) in [5.74, 6) is 1.79. The molecule has 8 nitrogen and oxygen atoms in total. The van der Waals surface area contributed by atoms with Gasteiger partial charge in [0.25, 0.3) is 5.89 Å². The second-order valence-electron chi connectivity index (χ2n) is 5.66. The fourth-order valence-electron chi connectivity index (χ4n) is 2.49. The van der Waals surface area contributed by atoms with Crippen LogP contribution in [0.1, 0.15) is 12.2 Å². The number of hydrogen-bond donors (Lipinski definition) is 0. The van der Waals surface area contributed by atoms with Gasteiger partial charge in [-0.2, -0.15) is 4.98 Å². The zero-order valence-electron chi connectivity index (χ0n) is 13.4. The van der Waals surface area contributed by atoms with Gasteiger partial charge in [0.2, 0.25) is 0 Å². The van der Waals surface area contributed by atoms with E-state index in [1.54, 1.807) is 27.2 Å². The van der Waals surface area contributed by atoms with Gasteiger partial charge in [0.15, 0.2) is 5.82 Å². The van der Waals surface area contributed by atoms with Gasteiger partial charge in [-0.1, -0.05) is 5.16 Å². The second kappa shape index (κ2) is 6.23. The standard InChI is InChI=1S/C15H19N5O3/c1-10-17-14(23-18-10)12-5-4-7-16-13(12)20-8-6-11(9-20)22-15(21)19(2)3/h4-5,7,11H,6,8-9H2,1-3H3. The van der Waals surface area contributed by atoms with E-state index < -0.39 is 0 Å². The van der Waals surface area contributed by atoms with Crippen LogP contribution in [0.4, 0.5) is 10.6 Å². The molecule has 0 radical (unpaired) electrons. The lowest BCUT2D eigenvalue weighted by atomic mass is 10.2. The Kier molecular flexibility index (Phi) is 4.14. The molecule has 0 aliphatic carbocycles. The van der Waals surface area contributed by atoms with E-state index >= 15 is 0 Å². The summed E-state index contributed by atoms with van der Waals surface area (Å²) >= 11 is 0. The molecule has 1 saturated heterocycles. The maximum atomic E-state index is 11.7. The van der Waals surface area contributed by atoms with Crippen molar-refractivity contribution < 1.29 is 14.1 Å². The van der Waals surface area contributed by atoms with Crippen LogP contribution in [0, 0.1) is 6.92 Å². The van der Waals surface area contributed by atoms with Crippen molar-refractivity contribution >= 4 is 11.9 Å². The lowest BCUT2D eigenvalue weighted by Gasteiger charge is -2.20. The van der Waals surface area contributed by atoms with Gasteiger partial charge in [0.05, 0.1) is 12.1 Å². The van der Waals surface area contributed by atoms with E-state index in [0.717, 1.165) is 24.3 Å². The smallest absolute Gasteiger partial charge is 0.409 e. The highest BCUT2D eigenvalue weighted by atomic mass is 16.6. The minimum atomic E-state index is -0.328. The van der Waals surface area contributed by atoms with Crippen molar-refractivity contribution in [2.75, 3.05) is 32.1 Å². The number of aryl methyl sites for hydroxylation is 1. The van der Waals surface area contributed by atoms with Gasteiger partial charge in [-0.15, -0.1) is 0 Å². The topological polar surface area (TPSA) is 84.6 Å². The summed E-state index contributed by atoms with van der Waals surface area (Å²) in [4.78, 5) is 23.9. The van der Waals surface area contributed by atoms with E-state index in [1.165, 1.54) is 4.90 Å². The van der Waals surface area contributed by atoms with Crippen LogP contribution < -0.4 is 4.90 Å². The monoisotopic (exact) mass is 317 g/mol. The summed E-state index contributed by atoms with van der Waals surface area (Å²) in [7, 11) is 3.34. The largest absolute Gasteiger partial charge is 0.444 e. The molecule has 1 aliphatic heterocycles. The third-order valence-corrected chi connectivity index (χ3v) is 3.62. The van der Waals surface area contributed by atoms with Crippen LogP contribution >= 0.6 is 0 Å². The van der Waals surface area contributed by atoms with Gasteiger partial charge in [-0.3, -0.25) is 0 Å². The van der Waals surface area contributed by atoms with Gasteiger partial charge < -0.3 is 19.1 Å². The van der Waals surface area contributed by atoms with Crippen molar-refractivity contribution in [2.24, 2.45) is 0 Å². The first-order chi connectivity index (χ1) is 11.0. The molecule has 1 atom stereocenters. The van der Waals surface area contributed by atoms with E-state index in [9.17, 15) is 4.79 Å². The number of rotatable bonds is 3. The molecule has 2 aromatic heterocycles. The molecule has 122 valence electrons. The Labute approximate surface area is 134 Å². The summed E-state index contributed by atoms with van der Waals surface area (Å²) in [6.45, 7) is 3.12. The predicted molar refractivity (Wildman–Crippen MR) is 83.1 cm³/mol. The number of pyridine rings is 1. The molecule has 0 spiro atoms. The van der Waals surface area contributed by atoms with E-state index in [2.05, 4.69) is 20.0 Å². The maximum Gasteiger partial charge on any atom is 0.409 e. The number of carbonyl (C=O) groups excluding carboxylic acids is 1. The molecule has 0 bridgehead atoms. The predicted octanol–water partition coefficient (Wildman–Crippen LogP) is 1.72. The molecule has 2 aromatic rings. The number of hydrogen-bond acceptors (Lipinski definition) is 7. The Balaban J connectivity index is 1.77. The van der Waals surface area contributed by atoms with Crippen LogP contribution in [0.15, 0.2) is 22.9 Å². The maximum absolute atomic E-state index is 11.7. The fraction of sp³-hybridized carbons (Fsp3) is 0.467. The van der Waals surface area contributed by atoms with Gasteiger partial charge in [0, 0.05) is 33.3 Å². The van der Waals surface area contributed by atoms with Crippen molar-refractivity contribution in [2.45, 2.75) is 19.4 Å². The van der Waals surface area contributed by atoms with E-state index in [4.69, 9.17) is 9.26 Å². The fourth-order valence-corrected chi connectivity index (χ4v) is 2.49. The molecular formula is C15H19N5O3. The third-order valence-electron chi connectivity index (χ3n) is 3.62. The zero-order valence-corrected chi connectivity index (χ0v) is 13.4. The minimum absolute atomic E-state index is 0.149. The second-order valence-corrected chi connectivity index (χ2v) is 5.66. The molecule has 3 heterocycles. The molecule has 1 fully saturated rings. The van der Waals surface area contributed by atoms with Crippen molar-refractivity contribution in [1.29, 1.82) is 0 Å². The van der Waals surface area contributed by atoms with Crippen molar-refractivity contribution in [3.05, 3.63) is 24.2 Å². The first kappa shape index (κ1) is 15.3. The number of carbonyl (C=O) groups is 1. The molecule has 1 unspecified atom stereocenters. The van der Waals surface area contributed by atoms with Crippen LogP contribution in [0.5, 0.6) is 0 Å². The molecule has 23 heavy (non-hydrogen) atoms. The molecule has 8 heteroatoms. The molecule has 0 saturated carbocycles. The van der Waals surface area contributed by atoms with Crippen molar-refractivity contribution in [1.82, 2.24) is 20.0 Å². The summed E-state index contributed by atoms with van der Waals surface area (Å²) < 4.78 is 10.7. The lowest BCUT2D eigenvalue weighted by Crippen LogP contribution is -2.30. The van der Waals surface area contributed by atoms with Crippen LogP contribution in [0.3, 0.4) is 0 Å². The first-order valence-corrected chi connectivity index (χ1v) is 7.43. The van der Waals surface area contributed by atoms with Crippen molar-refractivity contribution in [3.8, 4) is 11.5 Å². The Morgan fingerprint density at radius 1 is 1.48 bits per heavy atom. The van der Waals surface area contributed by atoms with Crippen molar-refractivity contribution in [3.63, 3.8) is 0 Å². The van der Waals surface area contributed by atoms with Crippen LogP contribution in [0.2, 0.25) is 0 Å². The summed E-state index contributed by atoms with van der Waals surface area (Å²) in [6.07, 6.45) is 2.01. The zero-order chi connectivity index (χ0) is 16.4. The summed E-state index contributed by atoms with van der Waals surface area (Å²) in [5, 5.41) is 3.83. The average molecular weight is 317 g/mol. The van der Waals surface area contributed by atoms with E-state index in [1.807, 2.05) is 12.1 Å². The molecule has 0 N–H and O–H groups in total. The highest BCUT2D eigenvalue weighted by Crippen LogP contribution is 2.30. The van der Waals surface area contributed by atoms with E-state index in [0.29, 0.717) is 18.3 Å². The summed E-state index contributed by atoms with van der Waals surface area (Å²) in [6, 6.07) is 3.73. The summed E-state index contributed by atoms with van der Waals surface area (Å²) in [5.41, 5.74) is 0.785. The van der Waals surface area contributed by atoms with Crippen LogP contribution in [-0.2, 0) is 4.74 Å². The Morgan fingerprint density at radius 2 is 2.30 bits per heavy atom.